The second-order valence-electron chi connectivity index (χ2n) is 5.39. The highest BCUT2D eigenvalue weighted by Crippen LogP contribution is 2.46. The average Bonchev–Trinajstić information content (AvgIpc) is 2.83. The van der Waals surface area contributed by atoms with Crippen LogP contribution in [0.25, 0.3) is 6.08 Å². The molecule has 2 aromatic rings. The molecule has 0 aromatic heterocycles. The molecule has 1 aliphatic heterocycles. The Kier molecular flexibility index (Phi) is 3.59. The number of phenols is 1. The fourth-order valence-electron chi connectivity index (χ4n) is 2.72. The Morgan fingerprint density at radius 2 is 1.91 bits per heavy atom. The first-order chi connectivity index (χ1) is 10.5. The Morgan fingerprint density at radius 3 is 2.59 bits per heavy atom. The minimum absolute atomic E-state index is 0.102. The summed E-state index contributed by atoms with van der Waals surface area (Å²) < 4.78 is 6.00. The number of carbonyl (C=O) groups is 1. The number of aromatic hydroxyl groups is 1. The Bertz CT molecular complexity index is 731. The standard InChI is InChI=1S/C18H16O4/c1-11-15-10-12(3-9-17(20)21)2-8-16(15)22-18(11)13-4-6-14(19)7-5-13/h2-11,18-19H,1H3,(H,20,21)/b9-3+/t11-,18-/m1/s1. The van der Waals surface area contributed by atoms with E-state index in [0.717, 1.165) is 28.5 Å². The van der Waals surface area contributed by atoms with Crippen LogP contribution in [-0.2, 0) is 4.79 Å². The van der Waals surface area contributed by atoms with Gasteiger partial charge in [0, 0.05) is 17.6 Å². The second-order valence-corrected chi connectivity index (χ2v) is 5.39. The van der Waals surface area contributed by atoms with Crippen LogP contribution in [0.3, 0.4) is 0 Å². The molecule has 4 heteroatoms. The van der Waals surface area contributed by atoms with Crippen LogP contribution >= 0.6 is 0 Å². The molecule has 0 spiro atoms. The molecule has 0 saturated heterocycles. The largest absolute Gasteiger partial charge is 0.508 e. The number of hydrogen-bond acceptors (Lipinski definition) is 3. The van der Waals surface area contributed by atoms with Gasteiger partial charge in [-0.3, -0.25) is 0 Å². The number of benzene rings is 2. The molecule has 0 aliphatic carbocycles. The number of ether oxygens (including phenoxy) is 1. The van der Waals surface area contributed by atoms with E-state index in [1.165, 1.54) is 0 Å². The quantitative estimate of drug-likeness (QED) is 0.847. The lowest BCUT2D eigenvalue weighted by atomic mass is 9.92. The van der Waals surface area contributed by atoms with Crippen molar-refractivity contribution in [3.8, 4) is 11.5 Å². The molecule has 0 radical (unpaired) electrons. The van der Waals surface area contributed by atoms with Crippen molar-refractivity contribution < 1.29 is 19.7 Å². The van der Waals surface area contributed by atoms with E-state index in [9.17, 15) is 9.90 Å². The molecular formula is C18H16O4. The molecule has 0 amide bonds. The number of aliphatic carboxylic acids is 1. The summed E-state index contributed by atoms with van der Waals surface area (Å²) in [7, 11) is 0. The van der Waals surface area contributed by atoms with Crippen LogP contribution in [-0.4, -0.2) is 16.2 Å². The van der Waals surface area contributed by atoms with E-state index in [1.54, 1.807) is 18.2 Å². The van der Waals surface area contributed by atoms with Crippen molar-refractivity contribution in [1.82, 2.24) is 0 Å². The molecular weight excluding hydrogens is 280 g/mol. The van der Waals surface area contributed by atoms with Crippen LogP contribution in [0.15, 0.2) is 48.5 Å². The zero-order valence-electron chi connectivity index (χ0n) is 12.1. The van der Waals surface area contributed by atoms with Gasteiger partial charge in [-0.25, -0.2) is 4.79 Å². The van der Waals surface area contributed by atoms with Gasteiger partial charge in [-0.05, 0) is 41.5 Å². The maximum Gasteiger partial charge on any atom is 0.328 e. The molecule has 4 nitrogen and oxygen atoms in total. The predicted molar refractivity (Wildman–Crippen MR) is 83.0 cm³/mol. The summed E-state index contributed by atoms with van der Waals surface area (Å²) in [6, 6.07) is 12.7. The fourth-order valence-corrected chi connectivity index (χ4v) is 2.72. The minimum Gasteiger partial charge on any atom is -0.508 e. The number of hydrogen-bond donors (Lipinski definition) is 2. The van der Waals surface area contributed by atoms with E-state index in [4.69, 9.17) is 9.84 Å². The summed E-state index contributed by atoms with van der Waals surface area (Å²) in [4.78, 5) is 10.6. The van der Waals surface area contributed by atoms with Crippen LogP contribution in [0.4, 0.5) is 0 Å². The lowest BCUT2D eigenvalue weighted by Gasteiger charge is -2.15. The highest BCUT2D eigenvalue weighted by atomic mass is 16.5. The molecule has 2 atom stereocenters. The van der Waals surface area contributed by atoms with E-state index in [0.29, 0.717) is 0 Å². The zero-order valence-corrected chi connectivity index (χ0v) is 12.1. The first-order valence-corrected chi connectivity index (χ1v) is 7.05. The molecule has 112 valence electrons. The molecule has 1 aliphatic rings. The first kappa shape index (κ1) is 14.2. The summed E-state index contributed by atoms with van der Waals surface area (Å²) >= 11 is 0. The van der Waals surface area contributed by atoms with Gasteiger partial charge < -0.3 is 14.9 Å². The van der Waals surface area contributed by atoms with Crippen molar-refractivity contribution in [3.63, 3.8) is 0 Å². The SMILES string of the molecule is C[C@@H]1c2cc(/C=C/C(=O)O)ccc2O[C@H]1c1ccc(O)cc1. The van der Waals surface area contributed by atoms with E-state index in [1.807, 2.05) is 30.3 Å². The Hall–Kier alpha value is -2.75. The Labute approximate surface area is 128 Å². The first-order valence-electron chi connectivity index (χ1n) is 7.05. The van der Waals surface area contributed by atoms with Gasteiger partial charge in [0.25, 0.3) is 0 Å². The molecule has 0 saturated carbocycles. The molecule has 2 N–H and O–H groups in total. The van der Waals surface area contributed by atoms with Crippen LogP contribution in [0, 0.1) is 0 Å². The second kappa shape index (κ2) is 5.56. The van der Waals surface area contributed by atoms with E-state index >= 15 is 0 Å². The van der Waals surface area contributed by atoms with Gasteiger partial charge in [0.2, 0.25) is 0 Å². The van der Waals surface area contributed by atoms with Crippen molar-refractivity contribution in [3.05, 3.63) is 65.2 Å². The number of phenolic OH excluding ortho intramolecular Hbond substituents is 1. The number of rotatable bonds is 3. The molecule has 3 rings (SSSR count). The topological polar surface area (TPSA) is 66.8 Å². The van der Waals surface area contributed by atoms with Gasteiger partial charge in [-0.1, -0.05) is 25.1 Å². The Morgan fingerprint density at radius 1 is 1.18 bits per heavy atom. The number of carboxylic acid groups (broad SMARTS) is 1. The predicted octanol–water partition coefficient (Wildman–Crippen LogP) is 3.73. The van der Waals surface area contributed by atoms with Crippen LogP contribution in [0.1, 0.15) is 35.6 Å². The fraction of sp³-hybridized carbons (Fsp3) is 0.167. The highest BCUT2D eigenvalue weighted by Gasteiger charge is 2.32. The smallest absolute Gasteiger partial charge is 0.328 e. The van der Waals surface area contributed by atoms with Gasteiger partial charge in [0.15, 0.2) is 0 Å². The van der Waals surface area contributed by atoms with Crippen LogP contribution in [0.2, 0.25) is 0 Å². The molecule has 0 bridgehead atoms. The number of carboxylic acids is 1. The van der Waals surface area contributed by atoms with Crippen molar-refractivity contribution in [2.24, 2.45) is 0 Å². The number of fused-ring (bicyclic) bond motifs is 1. The zero-order chi connectivity index (χ0) is 15.7. The summed E-state index contributed by atoms with van der Waals surface area (Å²) in [6.45, 7) is 2.08. The minimum atomic E-state index is -0.966. The van der Waals surface area contributed by atoms with Crippen molar-refractivity contribution in [1.29, 1.82) is 0 Å². The van der Waals surface area contributed by atoms with Crippen molar-refractivity contribution >= 4 is 12.0 Å². The van der Waals surface area contributed by atoms with Crippen LogP contribution < -0.4 is 4.74 Å². The molecule has 2 aromatic carbocycles. The maximum atomic E-state index is 10.6. The van der Waals surface area contributed by atoms with E-state index in [-0.39, 0.29) is 17.8 Å². The normalized spacial score (nSPS) is 19.9. The van der Waals surface area contributed by atoms with Crippen LogP contribution in [0.5, 0.6) is 11.5 Å². The molecule has 22 heavy (non-hydrogen) atoms. The van der Waals surface area contributed by atoms with Gasteiger partial charge in [0.05, 0.1) is 0 Å². The maximum absolute atomic E-state index is 10.6. The third kappa shape index (κ3) is 2.68. The van der Waals surface area contributed by atoms with Crippen molar-refractivity contribution in [2.75, 3.05) is 0 Å². The average molecular weight is 296 g/mol. The highest BCUT2D eigenvalue weighted by molar-refractivity contribution is 5.85. The summed E-state index contributed by atoms with van der Waals surface area (Å²) in [5.74, 6) is 0.232. The van der Waals surface area contributed by atoms with Gasteiger partial charge in [-0.15, -0.1) is 0 Å². The Balaban J connectivity index is 1.89. The third-order valence-electron chi connectivity index (χ3n) is 3.87. The van der Waals surface area contributed by atoms with Gasteiger partial charge >= 0.3 is 5.97 Å². The lowest BCUT2D eigenvalue weighted by molar-refractivity contribution is -0.131. The summed E-state index contributed by atoms with van der Waals surface area (Å²) in [5.41, 5.74) is 2.90. The summed E-state index contributed by atoms with van der Waals surface area (Å²) in [6.07, 6.45) is 2.59. The lowest BCUT2D eigenvalue weighted by Crippen LogP contribution is -2.06. The monoisotopic (exact) mass is 296 g/mol. The summed E-state index contributed by atoms with van der Waals surface area (Å²) in [5, 5.41) is 18.1. The molecule has 1 heterocycles. The van der Waals surface area contributed by atoms with Gasteiger partial charge in [0.1, 0.15) is 17.6 Å². The van der Waals surface area contributed by atoms with Gasteiger partial charge in [-0.2, -0.15) is 0 Å². The van der Waals surface area contributed by atoms with Crippen molar-refractivity contribution in [2.45, 2.75) is 18.9 Å². The molecule has 0 unspecified atom stereocenters. The molecule has 0 fully saturated rings. The van der Waals surface area contributed by atoms with E-state index < -0.39 is 5.97 Å². The third-order valence-corrected chi connectivity index (χ3v) is 3.87. The van der Waals surface area contributed by atoms with E-state index in [2.05, 4.69) is 6.92 Å².